The molecule has 0 radical (unpaired) electrons. The van der Waals surface area contributed by atoms with Crippen molar-refractivity contribution in [3.63, 3.8) is 0 Å². The monoisotopic (exact) mass is 488 g/mol. The fourth-order valence-corrected chi connectivity index (χ4v) is 5.64. The van der Waals surface area contributed by atoms with Gasteiger partial charge < -0.3 is 20.1 Å². The predicted octanol–water partition coefficient (Wildman–Crippen LogP) is 3.22. The summed E-state index contributed by atoms with van der Waals surface area (Å²) in [6, 6.07) is 6.05. The standard InChI is InChI=1S/C24H26F2N2O5Si/c1-33-16-5-6-17-14(11-16)9-10-28(20(29)7-8-21(30)31)22(17)24(32)27-15-12-18(25)23(19(26)13-15)34(2,3)4/h5-8,11-13,22H,9-10H2,1-4H3,(H,27,32)(H,30,31)/t22-/m1/s1. The zero-order chi connectivity index (χ0) is 25.2. The summed E-state index contributed by atoms with van der Waals surface area (Å²) in [7, 11) is -0.793. The molecule has 1 atom stereocenters. The fourth-order valence-electron chi connectivity index (χ4n) is 4.06. The molecule has 180 valence electrons. The number of carbonyl (C=O) groups is 3. The number of nitrogens with zero attached hydrogens (tertiary/aromatic N) is 1. The van der Waals surface area contributed by atoms with Crippen LogP contribution < -0.4 is 15.2 Å². The second-order valence-electron chi connectivity index (χ2n) is 8.97. The summed E-state index contributed by atoms with van der Waals surface area (Å²) < 4.78 is 34.6. The Bertz CT molecular complexity index is 1150. The van der Waals surface area contributed by atoms with Crippen molar-refractivity contribution < 1.29 is 33.0 Å². The van der Waals surface area contributed by atoms with E-state index in [-0.39, 0.29) is 17.4 Å². The molecule has 1 aliphatic heterocycles. The van der Waals surface area contributed by atoms with E-state index in [2.05, 4.69) is 5.32 Å². The van der Waals surface area contributed by atoms with E-state index in [0.717, 1.165) is 23.8 Å². The molecule has 7 nitrogen and oxygen atoms in total. The van der Waals surface area contributed by atoms with Gasteiger partial charge in [0.25, 0.3) is 5.91 Å². The topological polar surface area (TPSA) is 95.9 Å². The van der Waals surface area contributed by atoms with E-state index in [9.17, 15) is 23.2 Å². The van der Waals surface area contributed by atoms with Crippen molar-refractivity contribution in [2.24, 2.45) is 0 Å². The molecular weight excluding hydrogens is 462 g/mol. The van der Waals surface area contributed by atoms with Crippen LogP contribution in [0.15, 0.2) is 42.5 Å². The molecule has 1 aliphatic rings. The first kappa shape index (κ1) is 25.1. The molecule has 2 aromatic carbocycles. The SMILES string of the molecule is COc1ccc2c(c1)CCN(C(=O)C=CC(=O)O)[C@H]2C(=O)Nc1cc(F)c([Si](C)(C)C)c(F)c1. The lowest BCUT2D eigenvalue weighted by molar-refractivity contribution is -0.136. The summed E-state index contributed by atoms with van der Waals surface area (Å²) >= 11 is 0. The number of hydrogen-bond acceptors (Lipinski definition) is 4. The van der Waals surface area contributed by atoms with Crippen LogP contribution >= 0.6 is 0 Å². The summed E-state index contributed by atoms with van der Waals surface area (Å²) in [4.78, 5) is 38.1. The maximum Gasteiger partial charge on any atom is 0.328 e. The summed E-state index contributed by atoms with van der Waals surface area (Å²) in [5.41, 5.74) is 1.22. The molecule has 3 rings (SSSR count). The summed E-state index contributed by atoms with van der Waals surface area (Å²) in [5.74, 6) is -3.54. The van der Waals surface area contributed by atoms with Crippen molar-refractivity contribution in [1.29, 1.82) is 0 Å². The minimum absolute atomic E-state index is 0.0382. The summed E-state index contributed by atoms with van der Waals surface area (Å²) in [5, 5.41) is 11.4. The molecule has 0 saturated carbocycles. The van der Waals surface area contributed by atoms with Gasteiger partial charge in [0.15, 0.2) is 0 Å². The van der Waals surface area contributed by atoms with Gasteiger partial charge in [0.2, 0.25) is 5.91 Å². The average Bonchev–Trinajstić information content (AvgIpc) is 2.74. The highest BCUT2D eigenvalue weighted by Crippen LogP contribution is 2.33. The van der Waals surface area contributed by atoms with Crippen LogP contribution in [0.25, 0.3) is 0 Å². The number of benzene rings is 2. The molecule has 0 fully saturated rings. The lowest BCUT2D eigenvalue weighted by Crippen LogP contribution is -2.45. The molecule has 0 spiro atoms. The van der Waals surface area contributed by atoms with Crippen molar-refractivity contribution in [2.75, 3.05) is 19.0 Å². The minimum Gasteiger partial charge on any atom is -0.497 e. The number of halogens is 2. The average molecular weight is 489 g/mol. The lowest BCUT2D eigenvalue weighted by atomic mass is 9.91. The zero-order valence-electron chi connectivity index (χ0n) is 19.3. The summed E-state index contributed by atoms with van der Waals surface area (Å²) in [6.45, 7) is 5.58. The number of methoxy groups -OCH3 is 1. The van der Waals surface area contributed by atoms with Gasteiger partial charge >= 0.3 is 5.97 Å². The number of ether oxygens (including phenoxy) is 1. The Labute approximate surface area is 197 Å². The second kappa shape index (κ2) is 9.76. The number of carboxylic acid groups (broad SMARTS) is 1. The molecule has 2 aromatic rings. The Morgan fingerprint density at radius 3 is 2.32 bits per heavy atom. The van der Waals surface area contributed by atoms with Crippen molar-refractivity contribution in [1.82, 2.24) is 4.90 Å². The number of nitrogens with one attached hydrogen (secondary N) is 1. The van der Waals surface area contributed by atoms with Gasteiger partial charge in [0.05, 0.1) is 15.2 Å². The largest absolute Gasteiger partial charge is 0.497 e. The van der Waals surface area contributed by atoms with Crippen LogP contribution in [0.1, 0.15) is 17.2 Å². The third-order valence-corrected chi connectivity index (χ3v) is 7.52. The minimum atomic E-state index is -2.30. The van der Waals surface area contributed by atoms with Crippen LogP contribution in [0.3, 0.4) is 0 Å². The highest BCUT2D eigenvalue weighted by molar-refractivity contribution is 6.88. The quantitative estimate of drug-likeness (QED) is 0.481. The van der Waals surface area contributed by atoms with Gasteiger partial charge in [0.1, 0.15) is 23.4 Å². The molecule has 34 heavy (non-hydrogen) atoms. The van der Waals surface area contributed by atoms with Gasteiger partial charge in [-0.25, -0.2) is 13.6 Å². The number of rotatable bonds is 6. The van der Waals surface area contributed by atoms with Crippen LogP contribution in [-0.2, 0) is 20.8 Å². The van der Waals surface area contributed by atoms with Crippen LogP contribution in [0, 0.1) is 11.6 Å². The van der Waals surface area contributed by atoms with Crippen molar-refractivity contribution in [2.45, 2.75) is 32.1 Å². The van der Waals surface area contributed by atoms with E-state index in [1.807, 2.05) is 19.6 Å². The van der Waals surface area contributed by atoms with Crippen molar-refractivity contribution >= 4 is 36.7 Å². The number of carboxylic acids is 1. The molecule has 0 aromatic heterocycles. The molecule has 1 heterocycles. The first-order valence-corrected chi connectivity index (χ1v) is 14.1. The normalized spacial score (nSPS) is 15.7. The van der Waals surface area contributed by atoms with Gasteiger partial charge in [-0.2, -0.15) is 0 Å². The fraction of sp³-hybridized carbons (Fsp3) is 0.292. The smallest absolute Gasteiger partial charge is 0.328 e. The van der Waals surface area contributed by atoms with E-state index in [4.69, 9.17) is 9.84 Å². The number of hydrogen-bond donors (Lipinski definition) is 2. The molecule has 0 saturated heterocycles. The lowest BCUT2D eigenvalue weighted by Gasteiger charge is -2.36. The number of anilines is 1. The second-order valence-corrected chi connectivity index (χ2v) is 14.0. The molecule has 2 N–H and O–H groups in total. The maximum atomic E-state index is 14.7. The van der Waals surface area contributed by atoms with E-state index in [0.29, 0.717) is 23.8 Å². The Hall–Kier alpha value is -3.53. The Morgan fingerprint density at radius 2 is 1.76 bits per heavy atom. The van der Waals surface area contributed by atoms with E-state index in [1.165, 1.54) is 12.0 Å². The molecule has 10 heteroatoms. The number of fused-ring (bicyclic) bond motifs is 1. The van der Waals surface area contributed by atoms with Crippen molar-refractivity contribution in [3.8, 4) is 5.75 Å². The maximum absolute atomic E-state index is 14.7. The Kier molecular flexibility index (Phi) is 7.20. The number of carbonyl (C=O) groups excluding carboxylic acids is 2. The Balaban J connectivity index is 1.99. The van der Waals surface area contributed by atoms with Crippen LogP contribution in [0.4, 0.5) is 14.5 Å². The molecule has 0 unspecified atom stereocenters. The van der Waals surface area contributed by atoms with Gasteiger partial charge in [-0.3, -0.25) is 9.59 Å². The Morgan fingerprint density at radius 1 is 1.12 bits per heavy atom. The summed E-state index contributed by atoms with van der Waals surface area (Å²) in [6.07, 6.45) is 1.98. The first-order chi connectivity index (χ1) is 15.9. The molecule has 0 bridgehead atoms. The highest BCUT2D eigenvalue weighted by atomic mass is 28.3. The van der Waals surface area contributed by atoms with E-state index < -0.39 is 43.5 Å². The van der Waals surface area contributed by atoms with Gasteiger partial charge in [-0.15, -0.1) is 0 Å². The number of aliphatic carboxylic acids is 1. The van der Waals surface area contributed by atoms with Crippen LogP contribution in [-0.4, -0.2) is 49.5 Å². The predicted molar refractivity (Wildman–Crippen MR) is 126 cm³/mol. The van der Waals surface area contributed by atoms with Crippen LogP contribution in [0.2, 0.25) is 19.6 Å². The third kappa shape index (κ3) is 5.33. The third-order valence-electron chi connectivity index (χ3n) is 5.54. The number of amides is 2. The first-order valence-electron chi connectivity index (χ1n) is 10.6. The van der Waals surface area contributed by atoms with E-state index >= 15 is 0 Å². The van der Waals surface area contributed by atoms with Crippen molar-refractivity contribution in [3.05, 3.63) is 65.2 Å². The van der Waals surface area contributed by atoms with Crippen LogP contribution in [0.5, 0.6) is 5.75 Å². The van der Waals surface area contributed by atoms with Gasteiger partial charge in [-0.05, 0) is 41.8 Å². The van der Waals surface area contributed by atoms with Gasteiger partial charge in [0, 0.05) is 29.6 Å². The molecule has 2 amide bonds. The van der Waals surface area contributed by atoms with E-state index in [1.54, 1.807) is 18.2 Å². The molecule has 0 aliphatic carbocycles. The zero-order valence-corrected chi connectivity index (χ0v) is 20.3. The molecular formula is C24H26F2N2O5Si. The highest BCUT2D eigenvalue weighted by Gasteiger charge is 2.36. The van der Waals surface area contributed by atoms with Gasteiger partial charge in [-0.1, -0.05) is 25.7 Å².